The summed E-state index contributed by atoms with van der Waals surface area (Å²) in [6, 6.07) is 0.793. The third-order valence-electron chi connectivity index (χ3n) is 6.61. The largest absolute Gasteiger partial charge is 0.377 e. The van der Waals surface area contributed by atoms with E-state index < -0.39 is 6.10 Å². The molecular weight excluding hydrogens is 360 g/mol. The molecule has 0 spiro atoms. The maximum absolute atomic E-state index is 11.5. The molecule has 0 bridgehead atoms. The van der Waals surface area contributed by atoms with Crippen molar-refractivity contribution in [3.05, 3.63) is 0 Å². The fraction of sp³-hybridized carbons (Fsp3) is 0.952. The second-order valence-electron chi connectivity index (χ2n) is 8.39. The number of nitrogens with two attached hydrogens (primary N) is 1. The van der Waals surface area contributed by atoms with E-state index in [1.165, 1.54) is 38.0 Å². The van der Waals surface area contributed by atoms with Gasteiger partial charge in [0, 0.05) is 36.7 Å². The highest BCUT2D eigenvalue weighted by molar-refractivity contribution is 8.00. The summed E-state index contributed by atoms with van der Waals surface area (Å²) in [5, 5.41) is 0.867. The third kappa shape index (κ3) is 6.34. The van der Waals surface area contributed by atoms with Gasteiger partial charge in [0.1, 0.15) is 6.10 Å². The van der Waals surface area contributed by atoms with E-state index in [0.29, 0.717) is 18.6 Å². The zero-order chi connectivity index (χ0) is 19.1. The lowest BCUT2D eigenvalue weighted by Gasteiger charge is -2.43. The van der Waals surface area contributed by atoms with Gasteiger partial charge in [-0.1, -0.05) is 12.8 Å². The first-order chi connectivity index (χ1) is 13.2. The highest BCUT2D eigenvalue weighted by Gasteiger charge is 2.33. The summed E-state index contributed by atoms with van der Waals surface area (Å²) in [6.45, 7) is 5.65. The van der Waals surface area contributed by atoms with Crippen LogP contribution in [-0.4, -0.2) is 66.4 Å². The van der Waals surface area contributed by atoms with Gasteiger partial charge in [-0.05, 0) is 57.8 Å². The molecule has 2 N–H and O–H groups in total. The molecule has 2 aliphatic carbocycles. The predicted molar refractivity (Wildman–Crippen MR) is 111 cm³/mol. The molecule has 0 aromatic carbocycles. The lowest BCUT2D eigenvalue weighted by atomic mass is 9.83. The average molecular weight is 399 g/mol. The molecule has 3 atom stereocenters. The fourth-order valence-electron chi connectivity index (χ4n) is 5.10. The normalized spacial score (nSPS) is 33.4. The van der Waals surface area contributed by atoms with Gasteiger partial charge in [-0.25, -0.2) is 0 Å². The maximum Gasteiger partial charge on any atom is 0.246 e. The van der Waals surface area contributed by atoms with E-state index in [2.05, 4.69) is 16.7 Å². The molecule has 0 radical (unpaired) electrons. The minimum atomic E-state index is -0.419. The van der Waals surface area contributed by atoms with E-state index in [0.717, 1.165) is 56.5 Å². The van der Waals surface area contributed by atoms with Crippen LogP contribution in [0.25, 0.3) is 0 Å². The van der Waals surface area contributed by atoms with E-state index in [-0.39, 0.29) is 5.91 Å². The van der Waals surface area contributed by atoms with Crippen LogP contribution in [-0.2, 0) is 14.3 Å². The topological polar surface area (TPSA) is 64.8 Å². The van der Waals surface area contributed by atoms with Gasteiger partial charge in [0.2, 0.25) is 5.91 Å². The number of hydrogen-bond donors (Lipinski definition) is 1. The summed E-state index contributed by atoms with van der Waals surface area (Å²) in [5.74, 6) is 1.50. The number of rotatable bonds is 9. The van der Waals surface area contributed by atoms with Gasteiger partial charge in [0.25, 0.3) is 0 Å². The predicted octanol–water partition coefficient (Wildman–Crippen LogP) is 3.20. The van der Waals surface area contributed by atoms with Gasteiger partial charge in [0.05, 0.1) is 12.7 Å². The fourth-order valence-corrected chi connectivity index (χ4v) is 6.60. The van der Waals surface area contributed by atoms with Crippen LogP contribution in [0.1, 0.15) is 64.7 Å². The Balaban J connectivity index is 1.33. The smallest absolute Gasteiger partial charge is 0.246 e. The minimum Gasteiger partial charge on any atom is -0.377 e. The Labute approximate surface area is 169 Å². The number of primary amides is 1. The van der Waals surface area contributed by atoms with Crippen molar-refractivity contribution >= 4 is 17.7 Å². The first-order valence-electron chi connectivity index (χ1n) is 11.1. The lowest BCUT2D eigenvalue weighted by Crippen LogP contribution is -2.50. The van der Waals surface area contributed by atoms with Gasteiger partial charge in [-0.3, -0.25) is 9.69 Å². The molecular formula is C21H38N2O3S. The van der Waals surface area contributed by atoms with Gasteiger partial charge in [0.15, 0.2) is 0 Å². The van der Waals surface area contributed by atoms with Gasteiger partial charge in [-0.15, -0.1) is 0 Å². The second-order valence-corrected chi connectivity index (χ2v) is 9.74. The van der Waals surface area contributed by atoms with Crippen molar-refractivity contribution < 1.29 is 14.3 Å². The number of carbonyl (C=O) groups is 1. The molecule has 3 unspecified atom stereocenters. The quantitative estimate of drug-likeness (QED) is 0.646. The molecule has 6 heteroatoms. The Bertz CT molecular complexity index is 455. The van der Waals surface area contributed by atoms with Crippen molar-refractivity contribution in [2.24, 2.45) is 11.7 Å². The highest BCUT2D eigenvalue weighted by atomic mass is 32.2. The van der Waals surface area contributed by atoms with Crippen molar-refractivity contribution in [1.29, 1.82) is 0 Å². The molecule has 2 saturated carbocycles. The molecule has 0 aromatic heterocycles. The van der Waals surface area contributed by atoms with E-state index in [9.17, 15) is 4.79 Å². The monoisotopic (exact) mass is 398 g/mol. The summed E-state index contributed by atoms with van der Waals surface area (Å²) in [7, 11) is 0. The summed E-state index contributed by atoms with van der Waals surface area (Å²) in [5.41, 5.74) is 5.46. The number of amides is 1. The SMILES string of the molecule is CCOC(CC1CCC(OCCN2CCSC3CCCCC32)CC1)C(N)=O. The van der Waals surface area contributed by atoms with Crippen molar-refractivity contribution in [1.82, 2.24) is 4.90 Å². The Morgan fingerprint density at radius 3 is 2.70 bits per heavy atom. The van der Waals surface area contributed by atoms with Crippen molar-refractivity contribution in [2.45, 2.75) is 88.2 Å². The molecule has 27 heavy (non-hydrogen) atoms. The highest BCUT2D eigenvalue weighted by Crippen LogP contribution is 2.35. The first-order valence-corrected chi connectivity index (χ1v) is 12.1. The first kappa shape index (κ1) is 21.4. The number of fused-ring (bicyclic) bond motifs is 1. The Hall–Kier alpha value is -0.300. The van der Waals surface area contributed by atoms with Crippen LogP contribution in [0.2, 0.25) is 0 Å². The summed E-state index contributed by atoms with van der Waals surface area (Å²) in [4.78, 5) is 14.2. The van der Waals surface area contributed by atoms with Crippen LogP contribution in [0.15, 0.2) is 0 Å². The number of nitrogens with zero attached hydrogens (tertiary/aromatic N) is 1. The van der Waals surface area contributed by atoms with Gasteiger partial charge in [-0.2, -0.15) is 11.8 Å². The van der Waals surface area contributed by atoms with Crippen LogP contribution in [0.5, 0.6) is 0 Å². The summed E-state index contributed by atoms with van der Waals surface area (Å²) >= 11 is 2.20. The molecule has 1 heterocycles. The molecule has 1 saturated heterocycles. The molecule has 5 nitrogen and oxygen atoms in total. The number of thioether (sulfide) groups is 1. The van der Waals surface area contributed by atoms with Crippen LogP contribution in [0, 0.1) is 5.92 Å². The average Bonchev–Trinajstić information content (AvgIpc) is 2.69. The van der Waals surface area contributed by atoms with E-state index >= 15 is 0 Å². The molecule has 3 aliphatic rings. The summed E-state index contributed by atoms with van der Waals surface area (Å²) < 4.78 is 11.7. The van der Waals surface area contributed by atoms with Crippen molar-refractivity contribution in [3.63, 3.8) is 0 Å². The molecule has 3 fully saturated rings. The standard InChI is InChI=1S/C21H38N2O3S/c1-2-25-19(21(22)24)15-16-7-9-17(10-8-16)26-13-11-23-12-14-27-20-6-4-3-5-18(20)23/h16-20H,2-15H2,1H3,(H2,22,24). The van der Waals surface area contributed by atoms with Crippen molar-refractivity contribution in [2.75, 3.05) is 32.1 Å². The minimum absolute atomic E-state index is 0.323. The van der Waals surface area contributed by atoms with E-state index in [1.807, 2.05) is 6.92 Å². The van der Waals surface area contributed by atoms with Crippen LogP contribution < -0.4 is 5.73 Å². The Morgan fingerprint density at radius 1 is 1.19 bits per heavy atom. The van der Waals surface area contributed by atoms with Gasteiger partial charge >= 0.3 is 0 Å². The lowest BCUT2D eigenvalue weighted by molar-refractivity contribution is -0.130. The maximum atomic E-state index is 11.5. The number of ether oxygens (including phenoxy) is 2. The zero-order valence-corrected chi connectivity index (χ0v) is 17.8. The molecule has 156 valence electrons. The van der Waals surface area contributed by atoms with Gasteiger partial charge < -0.3 is 15.2 Å². The van der Waals surface area contributed by atoms with Crippen LogP contribution in [0.3, 0.4) is 0 Å². The molecule has 0 aromatic rings. The third-order valence-corrected chi connectivity index (χ3v) is 8.00. The Kier molecular flexibility index (Phi) is 8.75. The molecule has 3 rings (SSSR count). The van der Waals surface area contributed by atoms with Crippen LogP contribution in [0.4, 0.5) is 0 Å². The Morgan fingerprint density at radius 2 is 1.96 bits per heavy atom. The van der Waals surface area contributed by atoms with Crippen molar-refractivity contribution in [3.8, 4) is 0 Å². The zero-order valence-electron chi connectivity index (χ0n) is 16.9. The second kappa shape index (κ2) is 11.0. The number of carbonyl (C=O) groups excluding carboxylic acids is 1. The molecule has 1 amide bonds. The summed E-state index contributed by atoms with van der Waals surface area (Å²) in [6.07, 6.45) is 10.8. The number of hydrogen-bond acceptors (Lipinski definition) is 5. The van der Waals surface area contributed by atoms with E-state index in [4.69, 9.17) is 15.2 Å². The molecule has 1 aliphatic heterocycles. The van der Waals surface area contributed by atoms with Crippen LogP contribution >= 0.6 is 11.8 Å². The van der Waals surface area contributed by atoms with E-state index in [1.54, 1.807) is 0 Å².